The average Bonchev–Trinajstić information content (AvgIpc) is 3.39. The van der Waals surface area contributed by atoms with E-state index in [0.29, 0.717) is 6.04 Å². The lowest BCUT2D eigenvalue weighted by Gasteiger charge is -2.11. The molecule has 2 N–H and O–H groups in total. The summed E-state index contributed by atoms with van der Waals surface area (Å²) in [4.78, 5) is 12.3. The van der Waals surface area contributed by atoms with Gasteiger partial charge in [-0.2, -0.15) is 0 Å². The zero-order valence-electron chi connectivity index (χ0n) is 15.4. The quantitative estimate of drug-likeness (QED) is 0.702. The van der Waals surface area contributed by atoms with Gasteiger partial charge in [0.25, 0.3) is 0 Å². The maximum Gasteiger partial charge on any atom is 0.243 e. The highest BCUT2D eigenvalue weighted by Crippen LogP contribution is 2.36. The lowest BCUT2D eigenvalue weighted by atomic mass is 10.1. The fourth-order valence-corrected chi connectivity index (χ4v) is 3.05. The Morgan fingerprint density at radius 1 is 1.19 bits per heavy atom. The zero-order valence-corrected chi connectivity index (χ0v) is 15.4. The highest BCUT2D eigenvalue weighted by molar-refractivity contribution is 5.94. The number of aryl methyl sites for hydroxylation is 2. The standard InChI is InChI=1S/C20H22N6O/c1-13-6-9-18(14(2)10-13)22-19(27)12-21-16-5-3-4-15(11-16)20-23-24-25-26(20)17-7-8-17/h3-6,9-11,17,21H,7-8,12H2,1-2H3,(H,22,27). The molecule has 1 heterocycles. The molecule has 138 valence electrons. The first-order valence-electron chi connectivity index (χ1n) is 9.09. The van der Waals surface area contributed by atoms with Crippen LogP contribution in [0.2, 0.25) is 0 Å². The first kappa shape index (κ1) is 17.2. The van der Waals surface area contributed by atoms with Gasteiger partial charge in [-0.15, -0.1) is 5.10 Å². The molecule has 1 aliphatic carbocycles. The second-order valence-electron chi connectivity index (χ2n) is 6.98. The Labute approximate surface area is 157 Å². The number of hydrogen-bond donors (Lipinski definition) is 2. The van der Waals surface area contributed by atoms with E-state index in [9.17, 15) is 4.79 Å². The van der Waals surface area contributed by atoms with E-state index in [2.05, 4.69) is 32.2 Å². The summed E-state index contributed by atoms with van der Waals surface area (Å²) in [5.41, 5.74) is 4.86. The van der Waals surface area contributed by atoms with Crippen LogP contribution in [0.4, 0.5) is 11.4 Å². The molecule has 4 rings (SSSR count). The third-order valence-electron chi connectivity index (χ3n) is 4.62. The summed E-state index contributed by atoms with van der Waals surface area (Å²) < 4.78 is 1.88. The molecule has 0 unspecified atom stereocenters. The number of anilines is 2. The van der Waals surface area contributed by atoms with Crippen molar-refractivity contribution in [2.24, 2.45) is 0 Å². The second-order valence-corrected chi connectivity index (χ2v) is 6.98. The van der Waals surface area contributed by atoms with Gasteiger partial charge < -0.3 is 10.6 Å². The van der Waals surface area contributed by atoms with E-state index >= 15 is 0 Å². The smallest absolute Gasteiger partial charge is 0.243 e. The maximum absolute atomic E-state index is 12.3. The first-order valence-corrected chi connectivity index (χ1v) is 9.09. The van der Waals surface area contributed by atoms with Gasteiger partial charge >= 0.3 is 0 Å². The van der Waals surface area contributed by atoms with E-state index in [-0.39, 0.29) is 12.5 Å². The van der Waals surface area contributed by atoms with Crippen LogP contribution in [-0.4, -0.2) is 32.7 Å². The molecule has 1 amide bonds. The topological polar surface area (TPSA) is 84.7 Å². The summed E-state index contributed by atoms with van der Waals surface area (Å²) in [6, 6.07) is 14.2. The van der Waals surface area contributed by atoms with E-state index in [4.69, 9.17) is 0 Å². The Kier molecular flexibility index (Phi) is 4.58. The summed E-state index contributed by atoms with van der Waals surface area (Å²) in [6.07, 6.45) is 2.24. The number of nitrogens with one attached hydrogen (secondary N) is 2. The van der Waals surface area contributed by atoms with Crippen molar-refractivity contribution < 1.29 is 4.79 Å². The van der Waals surface area contributed by atoms with Crippen molar-refractivity contribution in [3.63, 3.8) is 0 Å². The Hall–Kier alpha value is -3.22. The van der Waals surface area contributed by atoms with E-state index in [0.717, 1.165) is 41.2 Å². The van der Waals surface area contributed by atoms with Crippen LogP contribution >= 0.6 is 0 Å². The number of nitrogens with zero attached hydrogens (tertiary/aromatic N) is 4. The van der Waals surface area contributed by atoms with Gasteiger partial charge in [-0.3, -0.25) is 4.79 Å². The lowest BCUT2D eigenvalue weighted by Crippen LogP contribution is -2.22. The van der Waals surface area contributed by atoms with Crippen LogP contribution in [-0.2, 0) is 4.79 Å². The molecular weight excluding hydrogens is 340 g/mol. The van der Waals surface area contributed by atoms with Gasteiger partial charge in [-0.05, 0) is 60.9 Å². The molecule has 0 saturated heterocycles. The Balaban J connectivity index is 1.41. The molecule has 2 aromatic carbocycles. The molecule has 3 aromatic rings. The van der Waals surface area contributed by atoms with Crippen LogP contribution in [0.15, 0.2) is 42.5 Å². The molecular formula is C20H22N6O. The van der Waals surface area contributed by atoms with Crippen molar-refractivity contribution in [3.05, 3.63) is 53.6 Å². The van der Waals surface area contributed by atoms with E-state index in [1.807, 2.05) is 54.9 Å². The van der Waals surface area contributed by atoms with E-state index in [1.54, 1.807) is 0 Å². The molecule has 27 heavy (non-hydrogen) atoms. The predicted octanol–water partition coefficient (Wildman–Crippen LogP) is 3.34. The van der Waals surface area contributed by atoms with Crippen molar-refractivity contribution in [1.82, 2.24) is 20.2 Å². The summed E-state index contributed by atoms with van der Waals surface area (Å²) in [7, 11) is 0. The fraction of sp³-hybridized carbons (Fsp3) is 0.300. The molecule has 0 atom stereocenters. The fourth-order valence-electron chi connectivity index (χ4n) is 3.05. The Bertz CT molecular complexity index is 976. The van der Waals surface area contributed by atoms with Crippen LogP contribution in [0, 0.1) is 13.8 Å². The molecule has 1 aromatic heterocycles. The number of tetrazole rings is 1. The number of hydrogen-bond acceptors (Lipinski definition) is 5. The molecule has 7 heteroatoms. The molecule has 1 fully saturated rings. The minimum atomic E-state index is -0.0878. The Morgan fingerprint density at radius 2 is 2.04 bits per heavy atom. The number of amides is 1. The highest BCUT2D eigenvalue weighted by Gasteiger charge is 2.28. The van der Waals surface area contributed by atoms with Crippen molar-refractivity contribution in [1.29, 1.82) is 0 Å². The maximum atomic E-state index is 12.3. The summed E-state index contributed by atoms with van der Waals surface area (Å²) in [5, 5.41) is 18.2. The van der Waals surface area contributed by atoms with Gasteiger partial charge in [-0.25, -0.2) is 4.68 Å². The normalized spacial score (nSPS) is 13.4. The minimum Gasteiger partial charge on any atom is -0.376 e. The number of rotatable bonds is 6. The third kappa shape index (κ3) is 3.97. The van der Waals surface area contributed by atoms with Crippen LogP contribution in [0.25, 0.3) is 11.4 Å². The number of carbonyl (C=O) groups is 1. The molecule has 0 radical (unpaired) electrons. The molecule has 7 nitrogen and oxygen atoms in total. The third-order valence-corrected chi connectivity index (χ3v) is 4.62. The molecule has 0 spiro atoms. The monoisotopic (exact) mass is 362 g/mol. The van der Waals surface area contributed by atoms with Crippen LogP contribution in [0.3, 0.4) is 0 Å². The highest BCUT2D eigenvalue weighted by atomic mass is 16.1. The molecule has 1 aliphatic rings. The van der Waals surface area contributed by atoms with Gasteiger partial charge in [0.1, 0.15) is 0 Å². The Morgan fingerprint density at radius 3 is 2.81 bits per heavy atom. The SMILES string of the molecule is Cc1ccc(NC(=O)CNc2cccc(-c3nnnn3C3CC3)c2)c(C)c1. The van der Waals surface area contributed by atoms with Gasteiger partial charge in [-0.1, -0.05) is 29.8 Å². The van der Waals surface area contributed by atoms with Crippen LogP contribution in [0.5, 0.6) is 0 Å². The molecule has 0 bridgehead atoms. The predicted molar refractivity (Wildman–Crippen MR) is 105 cm³/mol. The van der Waals surface area contributed by atoms with Crippen molar-refractivity contribution in [3.8, 4) is 11.4 Å². The van der Waals surface area contributed by atoms with E-state index in [1.165, 1.54) is 5.56 Å². The van der Waals surface area contributed by atoms with Gasteiger partial charge in [0, 0.05) is 16.9 Å². The van der Waals surface area contributed by atoms with Crippen LogP contribution in [0.1, 0.15) is 30.0 Å². The molecule has 1 saturated carbocycles. The van der Waals surface area contributed by atoms with Gasteiger partial charge in [0.05, 0.1) is 12.6 Å². The van der Waals surface area contributed by atoms with Crippen LogP contribution < -0.4 is 10.6 Å². The van der Waals surface area contributed by atoms with Crippen molar-refractivity contribution in [2.45, 2.75) is 32.7 Å². The van der Waals surface area contributed by atoms with Crippen molar-refractivity contribution in [2.75, 3.05) is 17.2 Å². The number of aromatic nitrogens is 4. The summed E-state index contributed by atoms with van der Waals surface area (Å²) in [6.45, 7) is 4.21. The summed E-state index contributed by atoms with van der Waals surface area (Å²) in [5.74, 6) is 0.677. The number of carbonyl (C=O) groups excluding carboxylic acids is 1. The van der Waals surface area contributed by atoms with E-state index < -0.39 is 0 Å². The first-order chi connectivity index (χ1) is 13.1. The average molecular weight is 362 g/mol. The zero-order chi connectivity index (χ0) is 18.8. The van der Waals surface area contributed by atoms with Gasteiger partial charge in [0.2, 0.25) is 5.91 Å². The van der Waals surface area contributed by atoms with Crippen molar-refractivity contribution >= 4 is 17.3 Å². The second kappa shape index (κ2) is 7.19. The minimum absolute atomic E-state index is 0.0878. The molecule has 0 aliphatic heterocycles. The summed E-state index contributed by atoms with van der Waals surface area (Å²) >= 11 is 0. The largest absolute Gasteiger partial charge is 0.376 e. The number of benzene rings is 2. The van der Waals surface area contributed by atoms with Gasteiger partial charge in [0.15, 0.2) is 5.82 Å². The lowest BCUT2D eigenvalue weighted by molar-refractivity contribution is -0.114.